The summed E-state index contributed by atoms with van der Waals surface area (Å²) in [5, 5.41) is 2.54. The molecule has 1 amide bonds. The number of benzene rings is 1. The fourth-order valence-corrected chi connectivity index (χ4v) is 1.90. The first-order chi connectivity index (χ1) is 8.13. The first-order valence-corrected chi connectivity index (χ1v) is 5.63. The maximum absolute atomic E-state index is 13.6. The smallest absolute Gasteiger partial charge is 0.235 e. The van der Waals surface area contributed by atoms with Crippen LogP contribution in [0.5, 0.6) is 5.75 Å². The van der Waals surface area contributed by atoms with E-state index in [2.05, 4.69) is 5.32 Å². The molecule has 0 aliphatic carbocycles. The Bertz CT molecular complexity index is 453. The Hall–Kier alpha value is -1.36. The van der Waals surface area contributed by atoms with Crippen molar-refractivity contribution in [3.05, 3.63) is 29.3 Å². The molecule has 0 radical (unpaired) electrons. The first kappa shape index (κ1) is 12.1. The van der Waals surface area contributed by atoms with Gasteiger partial charge in [-0.05, 0) is 12.1 Å². The van der Waals surface area contributed by atoms with Crippen LogP contribution in [-0.2, 0) is 4.79 Å². The number of carbonyl (C=O) groups excluding carboxylic acids is 1. The standard InChI is InChI=1S/C11H10ClF2NO2/c12-5-9(16)15-8-3-4-17-11-7(14)2-1-6(13)10(8)11/h1-2,8H,3-5H2,(H,15,16)/t8-/m0/s1. The maximum Gasteiger partial charge on any atom is 0.235 e. The number of rotatable bonds is 2. The zero-order valence-electron chi connectivity index (χ0n) is 8.80. The van der Waals surface area contributed by atoms with E-state index in [0.717, 1.165) is 12.1 Å². The molecule has 1 aliphatic heterocycles. The third-order valence-corrected chi connectivity index (χ3v) is 2.80. The second kappa shape index (κ2) is 4.87. The number of ether oxygens (including phenoxy) is 1. The van der Waals surface area contributed by atoms with E-state index in [9.17, 15) is 13.6 Å². The van der Waals surface area contributed by atoms with Crippen LogP contribution in [0.25, 0.3) is 0 Å². The number of nitrogens with one attached hydrogen (secondary N) is 1. The average Bonchev–Trinajstić information content (AvgIpc) is 2.34. The van der Waals surface area contributed by atoms with Crippen LogP contribution in [-0.4, -0.2) is 18.4 Å². The minimum Gasteiger partial charge on any atom is -0.490 e. The van der Waals surface area contributed by atoms with Gasteiger partial charge in [-0.3, -0.25) is 4.79 Å². The molecule has 0 saturated carbocycles. The lowest BCUT2D eigenvalue weighted by atomic mass is 9.99. The van der Waals surface area contributed by atoms with Gasteiger partial charge in [-0.1, -0.05) is 0 Å². The zero-order chi connectivity index (χ0) is 12.4. The van der Waals surface area contributed by atoms with Gasteiger partial charge in [0.1, 0.15) is 11.7 Å². The fraction of sp³-hybridized carbons (Fsp3) is 0.364. The largest absolute Gasteiger partial charge is 0.490 e. The summed E-state index contributed by atoms with van der Waals surface area (Å²) in [6, 6.07) is 1.42. The molecule has 3 nitrogen and oxygen atoms in total. The normalized spacial score (nSPS) is 18.2. The van der Waals surface area contributed by atoms with Crippen molar-refractivity contribution in [2.75, 3.05) is 12.5 Å². The summed E-state index contributed by atoms with van der Waals surface area (Å²) in [7, 11) is 0. The van der Waals surface area contributed by atoms with E-state index in [4.69, 9.17) is 16.3 Å². The number of carbonyl (C=O) groups is 1. The van der Waals surface area contributed by atoms with Crippen LogP contribution >= 0.6 is 11.6 Å². The molecule has 0 fully saturated rings. The summed E-state index contributed by atoms with van der Waals surface area (Å²) in [5.74, 6) is -2.00. The third-order valence-electron chi connectivity index (χ3n) is 2.55. The molecule has 0 spiro atoms. The summed E-state index contributed by atoms with van der Waals surface area (Å²) in [4.78, 5) is 11.2. The number of halogens is 3. The molecule has 17 heavy (non-hydrogen) atoms. The monoisotopic (exact) mass is 261 g/mol. The van der Waals surface area contributed by atoms with Crippen molar-refractivity contribution >= 4 is 17.5 Å². The van der Waals surface area contributed by atoms with Crippen molar-refractivity contribution in [1.29, 1.82) is 0 Å². The van der Waals surface area contributed by atoms with Crippen LogP contribution in [0.1, 0.15) is 18.0 Å². The Morgan fingerprint density at radius 1 is 1.47 bits per heavy atom. The van der Waals surface area contributed by atoms with Gasteiger partial charge >= 0.3 is 0 Å². The minimum atomic E-state index is -0.633. The van der Waals surface area contributed by atoms with Gasteiger partial charge in [0.05, 0.1) is 18.2 Å². The van der Waals surface area contributed by atoms with Gasteiger partial charge in [0.25, 0.3) is 0 Å². The highest BCUT2D eigenvalue weighted by Gasteiger charge is 2.28. The number of hydrogen-bond donors (Lipinski definition) is 1. The van der Waals surface area contributed by atoms with Crippen LogP contribution in [0.3, 0.4) is 0 Å². The second-order valence-electron chi connectivity index (χ2n) is 3.66. The molecule has 92 valence electrons. The number of amides is 1. The van der Waals surface area contributed by atoms with Crippen molar-refractivity contribution in [3.8, 4) is 5.75 Å². The highest BCUT2D eigenvalue weighted by molar-refractivity contribution is 6.27. The zero-order valence-corrected chi connectivity index (χ0v) is 9.56. The van der Waals surface area contributed by atoms with Gasteiger partial charge in [-0.25, -0.2) is 8.78 Å². The SMILES string of the molecule is O=C(CCl)N[C@H]1CCOc2c(F)ccc(F)c21. The first-order valence-electron chi connectivity index (χ1n) is 5.09. The lowest BCUT2D eigenvalue weighted by molar-refractivity contribution is -0.119. The Morgan fingerprint density at radius 3 is 2.88 bits per heavy atom. The number of alkyl halides is 1. The van der Waals surface area contributed by atoms with E-state index < -0.39 is 23.6 Å². The van der Waals surface area contributed by atoms with Crippen LogP contribution in [0.2, 0.25) is 0 Å². The van der Waals surface area contributed by atoms with E-state index in [1.54, 1.807) is 0 Å². The molecule has 0 bridgehead atoms. The Balaban J connectivity index is 2.36. The highest BCUT2D eigenvalue weighted by Crippen LogP contribution is 2.36. The van der Waals surface area contributed by atoms with Crippen molar-refractivity contribution in [2.24, 2.45) is 0 Å². The Morgan fingerprint density at radius 2 is 2.18 bits per heavy atom. The molecule has 1 atom stereocenters. The van der Waals surface area contributed by atoms with Crippen molar-refractivity contribution in [1.82, 2.24) is 5.32 Å². The molecule has 6 heteroatoms. The highest BCUT2D eigenvalue weighted by atomic mass is 35.5. The van der Waals surface area contributed by atoms with Crippen LogP contribution in [0, 0.1) is 11.6 Å². The molecular formula is C11H10ClF2NO2. The summed E-state index contributed by atoms with van der Waals surface area (Å²) in [6.45, 7) is 0.223. The van der Waals surface area contributed by atoms with Crippen LogP contribution < -0.4 is 10.1 Å². The maximum atomic E-state index is 13.6. The predicted octanol–water partition coefficient (Wildman–Crippen LogP) is 2.14. The summed E-state index contributed by atoms with van der Waals surface area (Å²) >= 11 is 5.36. The summed E-state index contributed by atoms with van der Waals surface area (Å²) < 4.78 is 32.1. The number of fused-ring (bicyclic) bond motifs is 1. The predicted molar refractivity (Wildman–Crippen MR) is 58.1 cm³/mol. The summed E-state index contributed by atoms with van der Waals surface area (Å²) in [6.07, 6.45) is 0.385. The second-order valence-corrected chi connectivity index (χ2v) is 3.93. The molecule has 1 aliphatic rings. The quantitative estimate of drug-likeness (QED) is 0.829. The van der Waals surface area contributed by atoms with Crippen LogP contribution in [0.15, 0.2) is 12.1 Å². The molecule has 1 heterocycles. The molecule has 2 rings (SSSR count). The topological polar surface area (TPSA) is 38.3 Å². The van der Waals surface area contributed by atoms with Gasteiger partial charge in [0.15, 0.2) is 11.6 Å². The van der Waals surface area contributed by atoms with Gasteiger partial charge in [-0.15, -0.1) is 11.6 Å². The van der Waals surface area contributed by atoms with Crippen LogP contribution in [0.4, 0.5) is 8.78 Å². The lowest BCUT2D eigenvalue weighted by Gasteiger charge is -2.27. The van der Waals surface area contributed by atoms with Gasteiger partial charge in [0, 0.05) is 6.42 Å². The van der Waals surface area contributed by atoms with Gasteiger partial charge in [0.2, 0.25) is 5.91 Å². The molecule has 0 aromatic heterocycles. The van der Waals surface area contributed by atoms with Crippen molar-refractivity contribution in [3.63, 3.8) is 0 Å². The van der Waals surface area contributed by atoms with Gasteiger partial charge in [-0.2, -0.15) is 0 Å². The van der Waals surface area contributed by atoms with E-state index in [1.165, 1.54) is 0 Å². The molecule has 1 aromatic rings. The average molecular weight is 262 g/mol. The molecule has 0 saturated heterocycles. The van der Waals surface area contributed by atoms with Gasteiger partial charge < -0.3 is 10.1 Å². The number of hydrogen-bond acceptors (Lipinski definition) is 2. The van der Waals surface area contributed by atoms with Crippen molar-refractivity contribution in [2.45, 2.75) is 12.5 Å². The Kier molecular flexibility index (Phi) is 3.47. The fourth-order valence-electron chi connectivity index (χ4n) is 1.82. The Labute approximate surface area is 102 Å². The van der Waals surface area contributed by atoms with E-state index in [0.29, 0.717) is 6.42 Å². The van der Waals surface area contributed by atoms with Crippen molar-refractivity contribution < 1.29 is 18.3 Å². The lowest BCUT2D eigenvalue weighted by Crippen LogP contribution is -2.33. The molecule has 1 aromatic carbocycles. The minimum absolute atomic E-state index is 0.0507. The van der Waals surface area contributed by atoms with E-state index in [-0.39, 0.29) is 23.8 Å². The summed E-state index contributed by atoms with van der Waals surface area (Å²) in [5.41, 5.74) is 0.0507. The molecule has 1 N–H and O–H groups in total. The van der Waals surface area contributed by atoms with E-state index >= 15 is 0 Å². The third kappa shape index (κ3) is 2.34. The molecule has 0 unspecified atom stereocenters. The van der Waals surface area contributed by atoms with E-state index in [1.807, 2.05) is 0 Å². The molecular weight excluding hydrogens is 252 g/mol.